The number of aromatic hydroxyl groups is 2. The minimum Gasteiger partial charge on any atom is -0.508 e. The van der Waals surface area contributed by atoms with Crippen molar-refractivity contribution in [2.45, 2.75) is 12.2 Å². The molecule has 6 nitrogen and oxygen atoms in total. The molecule has 0 spiro atoms. The molecule has 1 aliphatic heterocycles. The van der Waals surface area contributed by atoms with Crippen molar-refractivity contribution in [3.8, 4) is 17.2 Å². The van der Waals surface area contributed by atoms with Crippen LogP contribution in [0.1, 0.15) is 32.4 Å². The molecule has 1 heterocycles. The van der Waals surface area contributed by atoms with Crippen LogP contribution in [0.3, 0.4) is 0 Å². The lowest BCUT2D eigenvalue weighted by molar-refractivity contribution is -0.0101. The fourth-order valence-electron chi connectivity index (χ4n) is 3.16. The summed E-state index contributed by atoms with van der Waals surface area (Å²) in [6.45, 7) is 0. The zero-order valence-electron chi connectivity index (χ0n) is 14.6. The number of carbonyl (C=O) groups excluding carboxylic acids is 2. The molecule has 2 unspecified atom stereocenters. The average Bonchev–Trinajstić information content (AvgIpc) is 2.70. The number of ether oxygens (including phenoxy) is 2. The summed E-state index contributed by atoms with van der Waals surface area (Å²) >= 11 is 0. The maximum absolute atomic E-state index is 13.1. The number of carbonyl (C=O) groups is 2. The van der Waals surface area contributed by atoms with Gasteiger partial charge in [-0.2, -0.15) is 0 Å². The van der Waals surface area contributed by atoms with Gasteiger partial charge in [-0.1, -0.05) is 48.5 Å². The highest BCUT2D eigenvalue weighted by Gasteiger charge is 2.43. The summed E-state index contributed by atoms with van der Waals surface area (Å²) in [7, 11) is 0. The van der Waals surface area contributed by atoms with Crippen molar-refractivity contribution in [2.24, 2.45) is 0 Å². The third-order valence-corrected chi connectivity index (χ3v) is 4.47. The van der Waals surface area contributed by atoms with Gasteiger partial charge in [-0.15, -0.1) is 0 Å². The van der Waals surface area contributed by atoms with Crippen LogP contribution in [0, 0.1) is 0 Å². The van der Waals surface area contributed by atoms with Gasteiger partial charge in [0.25, 0.3) is 0 Å². The molecule has 0 saturated carbocycles. The second-order valence-electron chi connectivity index (χ2n) is 6.34. The number of ketones is 1. The van der Waals surface area contributed by atoms with E-state index in [0.717, 1.165) is 6.07 Å². The van der Waals surface area contributed by atoms with Gasteiger partial charge in [0.2, 0.25) is 11.9 Å². The second kappa shape index (κ2) is 7.08. The van der Waals surface area contributed by atoms with Crippen LogP contribution < -0.4 is 4.74 Å². The highest BCUT2D eigenvalue weighted by molar-refractivity contribution is 6.07. The molecule has 6 heteroatoms. The van der Waals surface area contributed by atoms with Gasteiger partial charge < -0.3 is 19.7 Å². The van der Waals surface area contributed by atoms with E-state index in [2.05, 4.69) is 0 Å². The van der Waals surface area contributed by atoms with E-state index in [1.807, 2.05) is 6.07 Å². The van der Waals surface area contributed by atoms with Crippen molar-refractivity contribution in [1.29, 1.82) is 0 Å². The number of hydrogen-bond donors (Lipinski definition) is 2. The smallest absolute Gasteiger partial charge is 0.339 e. The summed E-state index contributed by atoms with van der Waals surface area (Å²) < 4.78 is 11.4. The third kappa shape index (κ3) is 3.16. The summed E-state index contributed by atoms with van der Waals surface area (Å²) in [5.74, 6) is -1.92. The summed E-state index contributed by atoms with van der Waals surface area (Å²) in [6, 6.07) is 19.4. The van der Waals surface area contributed by atoms with Crippen LogP contribution >= 0.6 is 0 Å². The number of fused-ring (bicyclic) bond motifs is 1. The molecule has 28 heavy (non-hydrogen) atoms. The first-order valence-electron chi connectivity index (χ1n) is 8.62. The quantitative estimate of drug-likeness (QED) is 0.678. The SMILES string of the molecule is O=C(OC1C(=O)c2c(O)cc(O)cc2OC1c1ccccc1)c1ccccc1. The summed E-state index contributed by atoms with van der Waals surface area (Å²) in [5.41, 5.74) is 0.786. The molecule has 1 aliphatic rings. The molecule has 3 aromatic carbocycles. The van der Waals surface area contributed by atoms with Gasteiger partial charge in [-0.25, -0.2) is 4.79 Å². The monoisotopic (exact) mass is 376 g/mol. The van der Waals surface area contributed by atoms with Crippen LogP contribution in [-0.4, -0.2) is 28.1 Å². The first-order valence-corrected chi connectivity index (χ1v) is 8.62. The largest absolute Gasteiger partial charge is 0.508 e. The molecule has 0 saturated heterocycles. The zero-order valence-corrected chi connectivity index (χ0v) is 14.6. The highest BCUT2D eigenvalue weighted by Crippen LogP contribution is 2.42. The van der Waals surface area contributed by atoms with Crippen LogP contribution in [0.15, 0.2) is 72.8 Å². The van der Waals surface area contributed by atoms with E-state index in [-0.39, 0.29) is 17.1 Å². The molecule has 0 aliphatic carbocycles. The Hall–Kier alpha value is -3.80. The molecular weight excluding hydrogens is 360 g/mol. The first kappa shape index (κ1) is 17.6. The molecule has 0 amide bonds. The Morgan fingerprint density at radius 2 is 1.57 bits per heavy atom. The van der Waals surface area contributed by atoms with E-state index in [1.165, 1.54) is 6.07 Å². The fourth-order valence-corrected chi connectivity index (χ4v) is 3.16. The predicted octanol–water partition coefficient (Wildman–Crippen LogP) is 3.64. The predicted molar refractivity (Wildman–Crippen MR) is 99.6 cm³/mol. The molecule has 0 radical (unpaired) electrons. The van der Waals surface area contributed by atoms with E-state index < -0.39 is 29.7 Å². The Balaban J connectivity index is 1.76. The maximum atomic E-state index is 13.1. The van der Waals surface area contributed by atoms with E-state index in [9.17, 15) is 19.8 Å². The van der Waals surface area contributed by atoms with Crippen molar-refractivity contribution < 1.29 is 29.3 Å². The lowest BCUT2D eigenvalue weighted by atomic mass is 9.92. The highest BCUT2D eigenvalue weighted by atomic mass is 16.6. The first-order chi connectivity index (χ1) is 13.5. The topological polar surface area (TPSA) is 93.1 Å². The van der Waals surface area contributed by atoms with Gasteiger partial charge >= 0.3 is 5.97 Å². The van der Waals surface area contributed by atoms with Crippen LogP contribution in [-0.2, 0) is 4.74 Å². The average molecular weight is 376 g/mol. The number of benzene rings is 3. The Morgan fingerprint density at radius 1 is 0.929 bits per heavy atom. The zero-order chi connectivity index (χ0) is 19.7. The van der Waals surface area contributed by atoms with Crippen LogP contribution in [0.4, 0.5) is 0 Å². The minimum absolute atomic E-state index is 0.0309. The standard InChI is InChI=1S/C22H16O6/c23-15-11-16(24)18-17(12-15)27-20(13-7-3-1-4-8-13)21(19(18)25)28-22(26)14-9-5-2-6-10-14/h1-12,20-21,23-24H. The van der Waals surface area contributed by atoms with Crippen molar-refractivity contribution in [3.63, 3.8) is 0 Å². The number of phenolic OH excluding ortho intramolecular Hbond substituents is 2. The number of Topliss-reactive ketones (excluding diaryl/α,β-unsaturated/α-hetero) is 1. The van der Waals surface area contributed by atoms with Crippen molar-refractivity contribution >= 4 is 11.8 Å². The molecular formula is C22H16O6. The maximum Gasteiger partial charge on any atom is 0.339 e. The van der Waals surface area contributed by atoms with Crippen LogP contribution in [0.5, 0.6) is 17.2 Å². The number of phenols is 2. The number of rotatable bonds is 3. The van der Waals surface area contributed by atoms with Crippen LogP contribution in [0.2, 0.25) is 0 Å². The summed E-state index contributed by atoms with van der Waals surface area (Å²) in [6.07, 6.45) is -2.21. The van der Waals surface area contributed by atoms with E-state index in [0.29, 0.717) is 11.1 Å². The van der Waals surface area contributed by atoms with Gasteiger partial charge in [0, 0.05) is 12.1 Å². The Bertz CT molecular complexity index is 1030. The molecule has 3 aromatic rings. The van der Waals surface area contributed by atoms with Crippen molar-refractivity contribution in [1.82, 2.24) is 0 Å². The Morgan fingerprint density at radius 3 is 2.25 bits per heavy atom. The lowest BCUT2D eigenvalue weighted by Gasteiger charge is -2.32. The Labute approximate surface area is 160 Å². The fraction of sp³-hybridized carbons (Fsp3) is 0.0909. The van der Waals surface area contributed by atoms with Crippen LogP contribution in [0.25, 0.3) is 0 Å². The van der Waals surface area contributed by atoms with Gasteiger partial charge in [0.1, 0.15) is 22.8 Å². The molecule has 0 bridgehead atoms. The number of hydrogen-bond acceptors (Lipinski definition) is 6. The molecule has 4 rings (SSSR count). The van der Waals surface area contributed by atoms with E-state index in [1.54, 1.807) is 54.6 Å². The van der Waals surface area contributed by atoms with Crippen molar-refractivity contribution in [3.05, 3.63) is 89.5 Å². The molecule has 0 aromatic heterocycles. The number of esters is 1. The van der Waals surface area contributed by atoms with Gasteiger partial charge in [0.05, 0.1) is 5.56 Å². The van der Waals surface area contributed by atoms with E-state index in [4.69, 9.17) is 9.47 Å². The van der Waals surface area contributed by atoms with Crippen molar-refractivity contribution in [2.75, 3.05) is 0 Å². The summed E-state index contributed by atoms with van der Waals surface area (Å²) in [5, 5.41) is 19.9. The van der Waals surface area contributed by atoms with Gasteiger partial charge in [0.15, 0.2) is 6.10 Å². The molecule has 2 atom stereocenters. The summed E-state index contributed by atoms with van der Waals surface area (Å²) in [4.78, 5) is 25.7. The normalized spacial score (nSPS) is 18.1. The Kier molecular flexibility index (Phi) is 4.45. The minimum atomic E-state index is -1.29. The third-order valence-electron chi connectivity index (χ3n) is 4.47. The lowest BCUT2D eigenvalue weighted by Crippen LogP contribution is -2.40. The second-order valence-corrected chi connectivity index (χ2v) is 6.34. The molecule has 140 valence electrons. The molecule has 0 fully saturated rings. The van der Waals surface area contributed by atoms with Gasteiger partial charge in [-0.05, 0) is 17.7 Å². The van der Waals surface area contributed by atoms with E-state index >= 15 is 0 Å². The van der Waals surface area contributed by atoms with Gasteiger partial charge in [-0.3, -0.25) is 4.79 Å². The molecule has 2 N–H and O–H groups in total.